The molecule has 1 heterocycles. The lowest BCUT2D eigenvalue weighted by molar-refractivity contribution is 0.416. The minimum Gasteiger partial charge on any atom is -0.495 e. The average molecular weight is 247 g/mol. The number of benzene rings is 1. The molecule has 0 bridgehead atoms. The summed E-state index contributed by atoms with van der Waals surface area (Å²) in [7, 11) is 1.57. The molecule has 0 fully saturated rings. The van der Waals surface area contributed by atoms with Gasteiger partial charge in [0.25, 0.3) is 0 Å². The van der Waals surface area contributed by atoms with Crippen LogP contribution in [0.5, 0.6) is 5.75 Å². The first-order valence-electron chi connectivity index (χ1n) is 5.50. The Morgan fingerprint density at radius 1 is 1.22 bits per heavy atom. The SMILES string of the molecule is COc1ccc(C)cc1Nc1ncnc(C)c1F. The topological polar surface area (TPSA) is 47.0 Å². The van der Waals surface area contributed by atoms with Gasteiger partial charge in [0.05, 0.1) is 18.5 Å². The molecule has 2 aromatic rings. The molecule has 0 saturated carbocycles. The molecule has 0 atom stereocenters. The number of anilines is 2. The Hall–Kier alpha value is -2.17. The van der Waals surface area contributed by atoms with E-state index in [2.05, 4.69) is 15.3 Å². The second-order valence-electron chi connectivity index (χ2n) is 3.95. The van der Waals surface area contributed by atoms with Gasteiger partial charge in [0.2, 0.25) is 0 Å². The van der Waals surface area contributed by atoms with Crippen molar-refractivity contribution >= 4 is 11.5 Å². The van der Waals surface area contributed by atoms with Crippen LogP contribution in [0.25, 0.3) is 0 Å². The number of hydrogen-bond acceptors (Lipinski definition) is 4. The highest BCUT2D eigenvalue weighted by atomic mass is 19.1. The molecule has 0 amide bonds. The van der Waals surface area contributed by atoms with Crippen LogP contribution in [-0.4, -0.2) is 17.1 Å². The number of halogens is 1. The van der Waals surface area contributed by atoms with Crippen molar-refractivity contribution < 1.29 is 9.13 Å². The maximum Gasteiger partial charge on any atom is 0.186 e. The molecule has 0 unspecified atom stereocenters. The van der Waals surface area contributed by atoms with Crippen molar-refractivity contribution in [3.8, 4) is 5.75 Å². The van der Waals surface area contributed by atoms with E-state index in [-0.39, 0.29) is 5.82 Å². The second-order valence-corrected chi connectivity index (χ2v) is 3.95. The van der Waals surface area contributed by atoms with Crippen LogP contribution in [0, 0.1) is 19.7 Å². The lowest BCUT2D eigenvalue weighted by atomic mass is 10.2. The third kappa shape index (κ3) is 2.40. The molecule has 5 heteroatoms. The first-order chi connectivity index (χ1) is 8.61. The summed E-state index contributed by atoms with van der Waals surface area (Å²) >= 11 is 0. The summed E-state index contributed by atoms with van der Waals surface area (Å²) in [4.78, 5) is 7.67. The first kappa shape index (κ1) is 12.3. The number of nitrogens with one attached hydrogen (secondary N) is 1. The molecule has 0 aliphatic heterocycles. The van der Waals surface area contributed by atoms with E-state index in [1.165, 1.54) is 6.33 Å². The fraction of sp³-hybridized carbons (Fsp3) is 0.231. The van der Waals surface area contributed by atoms with E-state index < -0.39 is 5.82 Å². The van der Waals surface area contributed by atoms with Crippen LogP contribution in [0.15, 0.2) is 24.5 Å². The fourth-order valence-corrected chi connectivity index (χ4v) is 1.59. The summed E-state index contributed by atoms with van der Waals surface area (Å²) in [6.07, 6.45) is 1.32. The molecule has 1 aromatic heterocycles. The highest BCUT2D eigenvalue weighted by Gasteiger charge is 2.10. The Morgan fingerprint density at radius 2 is 2.00 bits per heavy atom. The van der Waals surface area contributed by atoms with E-state index in [0.717, 1.165) is 5.56 Å². The van der Waals surface area contributed by atoms with Crippen molar-refractivity contribution in [3.63, 3.8) is 0 Å². The summed E-state index contributed by atoms with van der Waals surface area (Å²) in [6, 6.07) is 5.62. The predicted octanol–water partition coefficient (Wildman–Crippen LogP) is 2.98. The van der Waals surface area contributed by atoms with Crippen LogP contribution in [0.2, 0.25) is 0 Å². The van der Waals surface area contributed by atoms with Crippen LogP contribution in [-0.2, 0) is 0 Å². The zero-order valence-corrected chi connectivity index (χ0v) is 10.5. The van der Waals surface area contributed by atoms with Crippen molar-refractivity contribution in [2.45, 2.75) is 13.8 Å². The number of methoxy groups -OCH3 is 1. The summed E-state index contributed by atoms with van der Waals surface area (Å²) in [5, 5.41) is 2.92. The lowest BCUT2D eigenvalue weighted by Crippen LogP contribution is -2.02. The monoisotopic (exact) mass is 247 g/mol. The number of aromatic nitrogens is 2. The number of rotatable bonds is 3. The van der Waals surface area contributed by atoms with Crippen LogP contribution < -0.4 is 10.1 Å². The number of ether oxygens (including phenoxy) is 1. The van der Waals surface area contributed by atoms with E-state index in [4.69, 9.17) is 4.74 Å². The maximum atomic E-state index is 13.8. The highest BCUT2D eigenvalue weighted by molar-refractivity contribution is 5.65. The summed E-state index contributed by atoms with van der Waals surface area (Å²) in [6.45, 7) is 3.54. The summed E-state index contributed by atoms with van der Waals surface area (Å²) < 4.78 is 19.0. The Kier molecular flexibility index (Phi) is 3.41. The Balaban J connectivity index is 2.39. The van der Waals surface area contributed by atoms with E-state index in [0.29, 0.717) is 17.1 Å². The van der Waals surface area contributed by atoms with Crippen LogP contribution in [0.1, 0.15) is 11.3 Å². The van der Waals surface area contributed by atoms with Gasteiger partial charge in [-0.3, -0.25) is 0 Å². The third-order valence-electron chi connectivity index (χ3n) is 2.57. The molecular formula is C13H14FN3O. The molecule has 4 nitrogen and oxygen atoms in total. The van der Waals surface area contributed by atoms with Gasteiger partial charge in [-0.05, 0) is 31.5 Å². The molecule has 0 saturated heterocycles. The molecule has 94 valence electrons. The second kappa shape index (κ2) is 5.00. The van der Waals surface area contributed by atoms with Gasteiger partial charge in [0, 0.05) is 0 Å². The molecule has 1 aromatic carbocycles. The van der Waals surface area contributed by atoms with Crippen LogP contribution in [0.3, 0.4) is 0 Å². The fourth-order valence-electron chi connectivity index (χ4n) is 1.59. The smallest absolute Gasteiger partial charge is 0.186 e. The van der Waals surface area contributed by atoms with Crippen molar-refractivity contribution in [1.82, 2.24) is 9.97 Å². The molecule has 18 heavy (non-hydrogen) atoms. The van der Waals surface area contributed by atoms with Crippen molar-refractivity contribution in [1.29, 1.82) is 0 Å². The third-order valence-corrected chi connectivity index (χ3v) is 2.57. The molecule has 0 radical (unpaired) electrons. The van der Waals surface area contributed by atoms with E-state index in [1.54, 1.807) is 14.0 Å². The zero-order chi connectivity index (χ0) is 13.1. The lowest BCUT2D eigenvalue weighted by Gasteiger charge is -2.12. The predicted molar refractivity (Wildman–Crippen MR) is 67.7 cm³/mol. The van der Waals surface area contributed by atoms with Crippen molar-refractivity contribution in [2.75, 3.05) is 12.4 Å². The Bertz CT molecular complexity index is 572. The van der Waals surface area contributed by atoms with Gasteiger partial charge >= 0.3 is 0 Å². The first-order valence-corrected chi connectivity index (χ1v) is 5.50. The molecule has 0 aliphatic carbocycles. The van der Waals surface area contributed by atoms with E-state index in [9.17, 15) is 4.39 Å². The van der Waals surface area contributed by atoms with Crippen molar-refractivity contribution in [3.05, 3.63) is 41.6 Å². The maximum absolute atomic E-state index is 13.8. The molecule has 1 N–H and O–H groups in total. The molecule has 2 rings (SSSR count). The highest BCUT2D eigenvalue weighted by Crippen LogP contribution is 2.28. The van der Waals surface area contributed by atoms with Crippen LogP contribution >= 0.6 is 0 Å². The number of hydrogen-bond donors (Lipinski definition) is 1. The van der Waals surface area contributed by atoms with E-state index >= 15 is 0 Å². The van der Waals surface area contributed by atoms with Gasteiger partial charge in [0.1, 0.15) is 12.1 Å². The van der Waals surface area contributed by atoms with E-state index in [1.807, 2.05) is 25.1 Å². The van der Waals surface area contributed by atoms with Gasteiger partial charge in [-0.1, -0.05) is 6.07 Å². The van der Waals surface area contributed by atoms with Crippen LogP contribution in [0.4, 0.5) is 15.9 Å². The molecule has 0 aliphatic rings. The number of nitrogens with zero attached hydrogens (tertiary/aromatic N) is 2. The average Bonchev–Trinajstić information content (AvgIpc) is 2.35. The van der Waals surface area contributed by atoms with Crippen molar-refractivity contribution in [2.24, 2.45) is 0 Å². The zero-order valence-electron chi connectivity index (χ0n) is 10.5. The minimum absolute atomic E-state index is 0.145. The summed E-state index contributed by atoms with van der Waals surface area (Å²) in [5.74, 6) is 0.323. The normalized spacial score (nSPS) is 10.2. The minimum atomic E-state index is -0.457. The standard InChI is InChI=1S/C13H14FN3O/c1-8-4-5-11(18-3)10(6-8)17-13-12(14)9(2)15-7-16-13/h4-7H,1-3H3,(H,15,16,17). The summed E-state index contributed by atoms with van der Waals surface area (Å²) in [5.41, 5.74) is 2.03. The largest absolute Gasteiger partial charge is 0.495 e. The van der Waals surface area contributed by atoms with Gasteiger partial charge in [0.15, 0.2) is 11.6 Å². The van der Waals surface area contributed by atoms with Gasteiger partial charge in [-0.2, -0.15) is 0 Å². The molecule has 0 spiro atoms. The van der Waals surface area contributed by atoms with Gasteiger partial charge in [-0.15, -0.1) is 0 Å². The van der Waals surface area contributed by atoms with Gasteiger partial charge in [-0.25, -0.2) is 14.4 Å². The Morgan fingerprint density at radius 3 is 2.72 bits per heavy atom. The molecular weight excluding hydrogens is 233 g/mol. The quantitative estimate of drug-likeness (QED) is 0.905. The van der Waals surface area contributed by atoms with Gasteiger partial charge < -0.3 is 10.1 Å². The number of aryl methyl sites for hydroxylation is 2. The Labute approximate surface area is 105 Å².